The summed E-state index contributed by atoms with van der Waals surface area (Å²) in [5, 5.41) is 0. The highest BCUT2D eigenvalue weighted by atomic mass is 16.5. The number of benzene rings is 3. The largest absolute Gasteiger partial charge is 0.458 e. The lowest BCUT2D eigenvalue weighted by molar-refractivity contribution is -0.670. The maximum absolute atomic E-state index is 6.35. The topological polar surface area (TPSA) is 36.1 Å². The van der Waals surface area contributed by atoms with E-state index in [1.54, 1.807) is 0 Å². The van der Waals surface area contributed by atoms with Gasteiger partial charge in [0.1, 0.15) is 59.2 Å². The molecule has 2 aromatic heterocycles. The maximum Gasteiger partial charge on any atom is 0.261 e. The van der Waals surface area contributed by atoms with Gasteiger partial charge in [0, 0.05) is 5.46 Å². The second kappa shape index (κ2) is 6.62. The third-order valence-corrected chi connectivity index (χ3v) is 6.50. The summed E-state index contributed by atoms with van der Waals surface area (Å²) in [6, 6.07) is 18.9. The van der Waals surface area contributed by atoms with E-state index in [2.05, 4.69) is 70.6 Å². The third-order valence-electron chi connectivity index (χ3n) is 6.50. The van der Waals surface area contributed by atoms with E-state index in [4.69, 9.17) is 9.47 Å². The first kappa shape index (κ1) is 18.3. The van der Waals surface area contributed by atoms with E-state index >= 15 is 0 Å². The van der Waals surface area contributed by atoms with Crippen LogP contribution in [0.25, 0.3) is 11.4 Å². The Morgan fingerprint density at radius 2 is 1.18 bits per heavy atom. The summed E-state index contributed by atoms with van der Waals surface area (Å²) in [5.41, 5.74) is 5.57. The zero-order chi connectivity index (χ0) is 22.1. The molecule has 0 saturated heterocycles. The highest BCUT2D eigenvalue weighted by molar-refractivity contribution is 6.98. The van der Waals surface area contributed by atoms with Crippen LogP contribution in [0.4, 0.5) is 0 Å². The van der Waals surface area contributed by atoms with Gasteiger partial charge in [-0.1, -0.05) is 6.07 Å². The third kappa shape index (κ3) is 2.75. The summed E-state index contributed by atoms with van der Waals surface area (Å²) >= 11 is 0. The molecule has 0 bridgehead atoms. The number of fused-ring (bicyclic) bond motifs is 4. The molecule has 2 aliphatic heterocycles. The summed E-state index contributed by atoms with van der Waals surface area (Å²) < 4.78 is 21.0. The summed E-state index contributed by atoms with van der Waals surface area (Å²) in [6.07, 6.45) is 12.3. The Morgan fingerprint density at radius 3 is 1.64 bits per heavy atom. The second-order valence-electron chi connectivity index (χ2n) is 8.72. The summed E-state index contributed by atoms with van der Waals surface area (Å²) in [7, 11) is 4.05. The van der Waals surface area contributed by atoms with Gasteiger partial charge in [-0.2, -0.15) is 0 Å². The normalized spacial score (nSPS) is 13.0. The fourth-order valence-corrected chi connectivity index (χ4v) is 4.94. The van der Waals surface area contributed by atoms with Crippen LogP contribution in [-0.4, -0.2) is 15.8 Å². The molecule has 0 atom stereocenters. The average molecular weight is 432 g/mol. The van der Waals surface area contributed by atoms with E-state index in [1.165, 1.54) is 0 Å². The van der Waals surface area contributed by atoms with E-state index in [-0.39, 0.29) is 6.71 Å². The number of imidazole rings is 2. The van der Waals surface area contributed by atoms with Crippen LogP contribution in [0.3, 0.4) is 0 Å². The van der Waals surface area contributed by atoms with Crippen LogP contribution in [-0.2, 0) is 14.1 Å². The van der Waals surface area contributed by atoms with Crippen molar-refractivity contribution in [3.63, 3.8) is 0 Å². The number of nitrogens with zero attached hydrogens (tertiary/aromatic N) is 4. The number of rotatable bonds is 2. The molecule has 0 spiro atoms. The molecule has 4 heterocycles. The Kier molecular flexibility index (Phi) is 3.68. The highest BCUT2D eigenvalue weighted by Crippen LogP contribution is 2.35. The summed E-state index contributed by atoms with van der Waals surface area (Å²) in [5.74, 6) is 3.48. The molecular weight excluding hydrogens is 411 g/mol. The minimum absolute atomic E-state index is 0.0252. The summed E-state index contributed by atoms with van der Waals surface area (Å²) in [6.45, 7) is 0.0252. The van der Waals surface area contributed by atoms with Gasteiger partial charge >= 0.3 is 0 Å². The average Bonchev–Trinajstić information content (AvgIpc) is 3.46. The van der Waals surface area contributed by atoms with Crippen LogP contribution in [0.2, 0.25) is 0 Å². The molecule has 6 nitrogen and oxygen atoms in total. The van der Waals surface area contributed by atoms with Crippen LogP contribution in [0, 0.1) is 0 Å². The molecule has 0 amide bonds. The van der Waals surface area contributed by atoms with Crippen molar-refractivity contribution in [2.75, 3.05) is 0 Å². The molecule has 3 aromatic carbocycles. The van der Waals surface area contributed by atoms with Crippen molar-refractivity contribution < 1.29 is 18.6 Å². The zero-order valence-electron chi connectivity index (χ0n) is 18.3. The molecule has 7 rings (SSSR count). The van der Waals surface area contributed by atoms with Crippen molar-refractivity contribution in [1.82, 2.24) is 9.13 Å². The van der Waals surface area contributed by atoms with Gasteiger partial charge in [-0.25, -0.2) is 18.3 Å². The first-order valence-electron chi connectivity index (χ1n) is 11.0. The van der Waals surface area contributed by atoms with Gasteiger partial charge in [0.15, 0.2) is 0 Å². The number of hydrogen-bond donors (Lipinski definition) is 0. The lowest BCUT2D eigenvalue weighted by Gasteiger charge is -2.32. The SMILES string of the molecule is C[n+]1ccn(-c2ccc3c(c2)B2c4cc(-n5cc[n+](C)c5)ccc4Oc4cccc(c42)O3)c1. The van der Waals surface area contributed by atoms with Crippen molar-refractivity contribution in [3.8, 4) is 34.4 Å². The fourth-order valence-electron chi connectivity index (χ4n) is 4.94. The molecule has 33 heavy (non-hydrogen) atoms. The maximum atomic E-state index is 6.35. The fraction of sp³-hybridized carbons (Fsp3) is 0.0769. The lowest BCUT2D eigenvalue weighted by atomic mass is 9.35. The number of aromatic nitrogens is 4. The van der Waals surface area contributed by atoms with Gasteiger partial charge in [0.05, 0.1) is 14.1 Å². The Bertz CT molecular complexity index is 1460. The Labute approximate surface area is 191 Å². The van der Waals surface area contributed by atoms with Crippen molar-refractivity contribution in [1.29, 1.82) is 0 Å². The van der Waals surface area contributed by atoms with Crippen LogP contribution in [0.1, 0.15) is 0 Å². The summed E-state index contributed by atoms with van der Waals surface area (Å²) in [4.78, 5) is 0. The molecule has 0 saturated carbocycles. The van der Waals surface area contributed by atoms with E-state index in [0.29, 0.717) is 0 Å². The molecule has 158 valence electrons. The molecule has 7 heteroatoms. The minimum atomic E-state index is 0.0252. The van der Waals surface area contributed by atoms with E-state index in [9.17, 15) is 0 Å². The zero-order valence-corrected chi connectivity index (χ0v) is 18.3. The van der Waals surface area contributed by atoms with Crippen molar-refractivity contribution in [2.24, 2.45) is 14.1 Å². The first-order valence-corrected chi connectivity index (χ1v) is 11.0. The van der Waals surface area contributed by atoms with Crippen molar-refractivity contribution in [3.05, 3.63) is 92.0 Å². The number of aryl methyl sites for hydroxylation is 2. The minimum Gasteiger partial charge on any atom is -0.458 e. The molecule has 2 aliphatic rings. The van der Waals surface area contributed by atoms with Crippen molar-refractivity contribution in [2.45, 2.75) is 0 Å². The lowest BCUT2D eigenvalue weighted by Crippen LogP contribution is -2.57. The quantitative estimate of drug-likeness (QED) is 0.308. The monoisotopic (exact) mass is 432 g/mol. The predicted molar refractivity (Wildman–Crippen MR) is 125 cm³/mol. The van der Waals surface area contributed by atoms with Crippen LogP contribution >= 0.6 is 0 Å². The molecule has 0 radical (unpaired) electrons. The predicted octanol–water partition coefficient (Wildman–Crippen LogP) is 1.64. The van der Waals surface area contributed by atoms with E-state index in [0.717, 1.165) is 50.8 Å². The van der Waals surface area contributed by atoms with Gasteiger partial charge in [-0.05, 0) is 59.5 Å². The van der Waals surface area contributed by atoms with Crippen LogP contribution in [0.5, 0.6) is 23.0 Å². The first-order chi connectivity index (χ1) is 16.1. The molecule has 0 fully saturated rings. The number of hydrogen-bond acceptors (Lipinski definition) is 2. The molecule has 5 aromatic rings. The number of ether oxygens (including phenoxy) is 2. The van der Waals surface area contributed by atoms with Gasteiger partial charge in [-0.15, -0.1) is 0 Å². The van der Waals surface area contributed by atoms with Gasteiger partial charge < -0.3 is 9.47 Å². The molecule has 0 aliphatic carbocycles. The smallest absolute Gasteiger partial charge is 0.261 e. The van der Waals surface area contributed by atoms with Crippen LogP contribution in [0.15, 0.2) is 92.0 Å². The van der Waals surface area contributed by atoms with Gasteiger partial charge in [-0.3, -0.25) is 0 Å². The molecule has 0 unspecified atom stereocenters. The van der Waals surface area contributed by atoms with Crippen LogP contribution < -0.4 is 35.0 Å². The molecule has 0 N–H and O–H groups in total. The molecular formula is C26H21BN4O2+2. The second-order valence-corrected chi connectivity index (χ2v) is 8.72. The van der Waals surface area contributed by atoms with Gasteiger partial charge in [0.25, 0.3) is 6.71 Å². The standard InChI is InChI=1S/C26H21BN4O2/c1-28-10-12-30(16-28)18-6-8-22-20(14-18)27-21-15-19(31-13-11-29(2)17-31)7-9-23(21)33-25-5-3-4-24(32-22)26(25)27/h3-17H,1-2H3/q+2. The van der Waals surface area contributed by atoms with Crippen molar-refractivity contribution >= 4 is 23.1 Å². The highest BCUT2D eigenvalue weighted by Gasteiger charge is 2.40. The Hall–Kier alpha value is -4.26. The Morgan fingerprint density at radius 1 is 0.667 bits per heavy atom. The van der Waals surface area contributed by atoms with Gasteiger partial charge in [0.2, 0.25) is 12.7 Å². The van der Waals surface area contributed by atoms with E-state index in [1.807, 2.05) is 53.8 Å². The van der Waals surface area contributed by atoms with E-state index < -0.39 is 0 Å². The Balaban J connectivity index is 1.46.